The highest BCUT2D eigenvalue weighted by molar-refractivity contribution is 6.31. The number of ether oxygens (including phenoxy) is 1. The Morgan fingerprint density at radius 3 is 2.95 bits per heavy atom. The molecule has 0 bridgehead atoms. The number of nitrogens with zero attached hydrogens (tertiary/aromatic N) is 1. The van der Waals surface area contributed by atoms with Crippen LogP contribution in [0.5, 0.6) is 0 Å². The van der Waals surface area contributed by atoms with Crippen LogP contribution in [0.15, 0.2) is 24.3 Å². The zero-order valence-electron chi connectivity index (χ0n) is 10.9. The second kappa shape index (κ2) is 6.37. The van der Waals surface area contributed by atoms with Crippen LogP contribution in [-0.2, 0) is 9.53 Å². The van der Waals surface area contributed by atoms with E-state index in [2.05, 4.69) is 4.90 Å². The van der Waals surface area contributed by atoms with Crippen LogP contribution >= 0.6 is 11.6 Å². The van der Waals surface area contributed by atoms with Gasteiger partial charge in [-0.3, -0.25) is 9.69 Å². The van der Waals surface area contributed by atoms with E-state index in [4.69, 9.17) is 21.4 Å². The molecule has 1 heterocycles. The highest BCUT2D eigenvalue weighted by Crippen LogP contribution is 2.29. The zero-order chi connectivity index (χ0) is 13.8. The van der Waals surface area contributed by atoms with Crippen molar-refractivity contribution in [1.29, 1.82) is 0 Å². The van der Waals surface area contributed by atoms with Crippen LogP contribution in [0.25, 0.3) is 0 Å². The third-order valence-electron chi connectivity index (χ3n) is 3.43. The summed E-state index contributed by atoms with van der Waals surface area (Å²) in [6.45, 7) is 3.86. The molecule has 0 amide bonds. The Bertz CT molecular complexity index is 452. The lowest BCUT2D eigenvalue weighted by Crippen LogP contribution is -2.45. The first kappa shape index (κ1) is 14.3. The van der Waals surface area contributed by atoms with Crippen LogP contribution < -0.4 is 0 Å². The van der Waals surface area contributed by atoms with E-state index in [-0.39, 0.29) is 18.6 Å². The summed E-state index contributed by atoms with van der Waals surface area (Å²) in [5.41, 5.74) is 0.969. The lowest BCUT2D eigenvalue weighted by Gasteiger charge is -2.38. The van der Waals surface area contributed by atoms with E-state index >= 15 is 0 Å². The molecule has 2 unspecified atom stereocenters. The summed E-state index contributed by atoms with van der Waals surface area (Å²) in [4.78, 5) is 12.8. The van der Waals surface area contributed by atoms with Crippen molar-refractivity contribution in [2.24, 2.45) is 0 Å². The van der Waals surface area contributed by atoms with Gasteiger partial charge in [0, 0.05) is 29.7 Å². The predicted octanol–water partition coefficient (Wildman–Crippen LogP) is 2.58. The normalized spacial score (nSPS) is 24.3. The first-order valence-electron chi connectivity index (χ1n) is 6.40. The molecule has 1 aromatic rings. The number of aliphatic carboxylic acids is 1. The van der Waals surface area contributed by atoms with Gasteiger partial charge < -0.3 is 9.84 Å². The molecule has 1 aromatic carbocycles. The monoisotopic (exact) mass is 283 g/mol. The first-order valence-corrected chi connectivity index (χ1v) is 6.77. The van der Waals surface area contributed by atoms with E-state index in [1.165, 1.54) is 0 Å². The molecule has 1 saturated heterocycles. The molecule has 0 saturated carbocycles. The molecule has 2 atom stereocenters. The molecule has 1 fully saturated rings. The molecule has 0 spiro atoms. The number of hydrogen-bond acceptors (Lipinski definition) is 3. The van der Waals surface area contributed by atoms with Gasteiger partial charge in [0.15, 0.2) is 0 Å². The van der Waals surface area contributed by atoms with Crippen molar-refractivity contribution in [2.75, 3.05) is 19.7 Å². The van der Waals surface area contributed by atoms with Gasteiger partial charge in [-0.05, 0) is 13.0 Å². The minimum absolute atomic E-state index is 0.0845. The highest BCUT2D eigenvalue weighted by atomic mass is 35.5. The van der Waals surface area contributed by atoms with E-state index in [0.29, 0.717) is 24.7 Å². The van der Waals surface area contributed by atoms with Crippen LogP contribution in [0.4, 0.5) is 0 Å². The number of rotatable bonds is 4. The third kappa shape index (κ3) is 3.69. The second-order valence-corrected chi connectivity index (χ2v) is 5.24. The molecule has 4 nitrogen and oxygen atoms in total. The zero-order valence-corrected chi connectivity index (χ0v) is 11.6. The predicted molar refractivity (Wildman–Crippen MR) is 73.4 cm³/mol. The molecule has 1 N–H and O–H groups in total. The van der Waals surface area contributed by atoms with Crippen molar-refractivity contribution in [3.05, 3.63) is 34.9 Å². The number of carboxylic acid groups (broad SMARTS) is 1. The molecular weight excluding hydrogens is 266 g/mol. The SMILES string of the molecule is CC1COC(c2ccccc2Cl)CN1CCC(=O)O. The fourth-order valence-electron chi connectivity index (χ4n) is 2.28. The van der Waals surface area contributed by atoms with E-state index in [1.807, 2.05) is 31.2 Å². The van der Waals surface area contributed by atoms with Gasteiger partial charge >= 0.3 is 5.97 Å². The standard InChI is InChI=1S/C14H18ClNO3/c1-10-9-19-13(8-16(10)7-6-14(17)18)11-4-2-3-5-12(11)15/h2-5,10,13H,6-9H2,1H3,(H,17,18). The average Bonchev–Trinajstić information content (AvgIpc) is 2.38. The largest absolute Gasteiger partial charge is 0.481 e. The summed E-state index contributed by atoms with van der Waals surface area (Å²) in [7, 11) is 0. The van der Waals surface area contributed by atoms with E-state index in [0.717, 1.165) is 5.56 Å². The molecule has 104 valence electrons. The summed E-state index contributed by atoms with van der Waals surface area (Å²) in [6.07, 6.45) is 0.0678. The maximum atomic E-state index is 10.7. The molecule has 0 radical (unpaired) electrons. The lowest BCUT2D eigenvalue weighted by molar-refractivity contribution is -0.138. The van der Waals surface area contributed by atoms with Gasteiger partial charge in [0.1, 0.15) is 0 Å². The minimum atomic E-state index is -0.770. The molecule has 5 heteroatoms. The van der Waals surface area contributed by atoms with Crippen LogP contribution in [-0.4, -0.2) is 41.7 Å². The number of morpholine rings is 1. The first-order chi connectivity index (χ1) is 9.08. The lowest BCUT2D eigenvalue weighted by atomic mass is 10.1. The second-order valence-electron chi connectivity index (χ2n) is 4.83. The van der Waals surface area contributed by atoms with Crippen molar-refractivity contribution < 1.29 is 14.6 Å². The number of carbonyl (C=O) groups is 1. The van der Waals surface area contributed by atoms with Crippen molar-refractivity contribution >= 4 is 17.6 Å². The van der Waals surface area contributed by atoms with Gasteiger partial charge in [0.2, 0.25) is 0 Å². The van der Waals surface area contributed by atoms with E-state index in [1.54, 1.807) is 0 Å². The summed E-state index contributed by atoms with van der Waals surface area (Å²) < 4.78 is 5.82. The maximum Gasteiger partial charge on any atom is 0.304 e. The van der Waals surface area contributed by atoms with Gasteiger partial charge in [0.05, 0.1) is 19.1 Å². The van der Waals surface area contributed by atoms with Crippen LogP contribution in [0.3, 0.4) is 0 Å². The number of hydrogen-bond donors (Lipinski definition) is 1. The number of carboxylic acids is 1. The van der Waals surface area contributed by atoms with Crippen molar-refractivity contribution in [3.8, 4) is 0 Å². The summed E-state index contributed by atoms with van der Waals surface area (Å²) in [5.74, 6) is -0.770. The Morgan fingerprint density at radius 1 is 1.53 bits per heavy atom. The van der Waals surface area contributed by atoms with Crippen molar-refractivity contribution in [3.63, 3.8) is 0 Å². The summed E-state index contributed by atoms with van der Waals surface area (Å²) >= 11 is 6.18. The Morgan fingerprint density at radius 2 is 2.26 bits per heavy atom. The molecule has 1 aliphatic heterocycles. The van der Waals surface area contributed by atoms with E-state index in [9.17, 15) is 4.79 Å². The summed E-state index contributed by atoms with van der Waals surface area (Å²) in [5, 5.41) is 9.47. The minimum Gasteiger partial charge on any atom is -0.481 e. The quantitative estimate of drug-likeness (QED) is 0.923. The van der Waals surface area contributed by atoms with Gasteiger partial charge in [-0.2, -0.15) is 0 Å². The average molecular weight is 284 g/mol. The Labute approximate surface area is 117 Å². The Hall–Kier alpha value is -1.10. The third-order valence-corrected chi connectivity index (χ3v) is 3.77. The van der Waals surface area contributed by atoms with Crippen molar-refractivity contribution in [2.45, 2.75) is 25.5 Å². The smallest absolute Gasteiger partial charge is 0.304 e. The Balaban J connectivity index is 2.04. The van der Waals surface area contributed by atoms with Gasteiger partial charge in [0.25, 0.3) is 0 Å². The molecule has 19 heavy (non-hydrogen) atoms. The molecular formula is C14H18ClNO3. The van der Waals surface area contributed by atoms with Gasteiger partial charge in [-0.1, -0.05) is 29.8 Å². The van der Waals surface area contributed by atoms with Gasteiger partial charge in [-0.15, -0.1) is 0 Å². The maximum absolute atomic E-state index is 10.7. The molecule has 0 aliphatic carbocycles. The van der Waals surface area contributed by atoms with Gasteiger partial charge in [-0.25, -0.2) is 0 Å². The van der Waals surface area contributed by atoms with Crippen LogP contribution in [0.1, 0.15) is 25.0 Å². The highest BCUT2D eigenvalue weighted by Gasteiger charge is 2.28. The van der Waals surface area contributed by atoms with Crippen LogP contribution in [0.2, 0.25) is 5.02 Å². The summed E-state index contributed by atoms with van der Waals surface area (Å²) in [6, 6.07) is 7.86. The number of benzene rings is 1. The Kier molecular flexibility index (Phi) is 4.80. The van der Waals surface area contributed by atoms with Crippen molar-refractivity contribution in [1.82, 2.24) is 4.90 Å². The molecule has 0 aromatic heterocycles. The molecule has 1 aliphatic rings. The fraction of sp³-hybridized carbons (Fsp3) is 0.500. The van der Waals surface area contributed by atoms with Crippen LogP contribution in [0, 0.1) is 0 Å². The molecule has 2 rings (SSSR count). The van der Waals surface area contributed by atoms with E-state index < -0.39 is 5.97 Å². The number of halogens is 1. The fourth-order valence-corrected chi connectivity index (χ4v) is 2.54. The topological polar surface area (TPSA) is 49.8 Å².